The van der Waals surface area contributed by atoms with Crippen LogP contribution in [-0.2, 0) is 28.6 Å². The number of carbonyl (C=O) groups excluding carboxylic acids is 3. The summed E-state index contributed by atoms with van der Waals surface area (Å²) >= 11 is 0. The van der Waals surface area contributed by atoms with Crippen LogP contribution in [0.2, 0.25) is 0 Å². The molecule has 0 aliphatic carbocycles. The molecule has 1 atom stereocenters. The van der Waals surface area contributed by atoms with Gasteiger partial charge in [0.1, 0.15) is 13.2 Å². The Hall–Kier alpha value is -3.67. The van der Waals surface area contributed by atoms with E-state index in [-0.39, 0.29) is 37.5 Å². The van der Waals surface area contributed by atoms with Crippen LogP contribution in [0.5, 0.6) is 0 Å². The molecule has 0 amide bonds. The molecular weight excluding hydrogens is 829 g/mol. The second kappa shape index (κ2) is 54.9. The summed E-state index contributed by atoms with van der Waals surface area (Å²) in [4.78, 5) is 38.0. The lowest BCUT2D eigenvalue weighted by Crippen LogP contribution is -2.30. The van der Waals surface area contributed by atoms with Gasteiger partial charge in [0.05, 0.1) is 0 Å². The fourth-order valence-electron chi connectivity index (χ4n) is 7.48. The fraction of sp³-hybridized carbons (Fsp3) is 0.689. The minimum absolute atomic E-state index is 0.0933. The van der Waals surface area contributed by atoms with Gasteiger partial charge in [-0.25, -0.2) is 0 Å². The Kier molecular flexibility index (Phi) is 51.9. The van der Waals surface area contributed by atoms with Crippen molar-refractivity contribution in [3.05, 3.63) is 97.2 Å². The Labute approximate surface area is 413 Å². The smallest absolute Gasteiger partial charge is 0.306 e. The number of allylic oxidation sites excluding steroid dienone is 16. The van der Waals surface area contributed by atoms with Crippen LogP contribution >= 0.6 is 0 Å². The molecule has 0 spiro atoms. The van der Waals surface area contributed by atoms with Gasteiger partial charge in [-0.05, 0) is 96.3 Å². The average molecular weight is 931 g/mol. The van der Waals surface area contributed by atoms with Crippen LogP contribution < -0.4 is 0 Å². The summed E-state index contributed by atoms with van der Waals surface area (Å²) in [5.41, 5.74) is 0. The van der Waals surface area contributed by atoms with E-state index in [0.29, 0.717) is 19.3 Å². The third-order valence-corrected chi connectivity index (χ3v) is 11.6. The molecule has 6 nitrogen and oxygen atoms in total. The minimum atomic E-state index is -0.797. The highest BCUT2D eigenvalue weighted by Crippen LogP contribution is 2.15. The summed E-state index contributed by atoms with van der Waals surface area (Å²) in [5.74, 6) is -0.939. The molecule has 0 fully saturated rings. The van der Waals surface area contributed by atoms with Gasteiger partial charge in [-0.3, -0.25) is 14.4 Å². The van der Waals surface area contributed by atoms with Crippen LogP contribution in [0.25, 0.3) is 0 Å². The molecule has 0 aromatic rings. The second-order valence-corrected chi connectivity index (χ2v) is 18.1. The van der Waals surface area contributed by atoms with Gasteiger partial charge in [-0.1, -0.05) is 234 Å². The van der Waals surface area contributed by atoms with E-state index in [4.69, 9.17) is 14.2 Å². The van der Waals surface area contributed by atoms with Crippen LogP contribution in [0.3, 0.4) is 0 Å². The van der Waals surface area contributed by atoms with E-state index in [1.54, 1.807) is 0 Å². The van der Waals surface area contributed by atoms with Crippen molar-refractivity contribution in [3.63, 3.8) is 0 Å². The molecule has 0 radical (unpaired) electrons. The van der Waals surface area contributed by atoms with Crippen LogP contribution in [0.15, 0.2) is 97.2 Å². The van der Waals surface area contributed by atoms with E-state index >= 15 is 0 Å². The zero-order valence-electron chi connectivity index (χ0n) is 43.6. The van der Waals surface area contributed by atoms with Crippen LogP contribution in [0, 0.1) is 0 Å². The summed E-state index contributed by atoms with van der Waals surface area (Å²) in [6.45, 7) is 6.36. The van der Waals surface area contributed by atoms with Gasteiger partial charge < -0.3 is 14.2 Å². The molecule has 0 heterocycles. The van der Waals surface area contributed by atoms with Gasteiger partial charge in [0, 0.05) is 19.3 Å². The maximum atomic E-state index is 12.8. The van der Waals surface area contributed by atoms with Crippen molar-refractivity contribution >= 4 is 17.9 Å². The molecule has 6 heteroatoms. The molecule has 0 aliphatic heterocycles. The highest BCUT2D eigenvalue weighted by Gasteiger charge is 2.19. The topological polar surface area (TPSA) is 78.9 Å². The van der Waals surface area contributed by atoms with Crippen molar-refractivity contribution < 1.29 is 28.6 Å². The first-order chi connectivity index (χ1) is 33.0. The average Bonchev–Trinajstić information content (AvgIpc) is 3.33. The van der Waals surface area contributed by atoms with E-state index < -0.39 is 6.10 Å². The largest absolute Gasteiger partial charge is 0.462 e. The molecule has 0 aromatic carbocycles. The zero-order valence-corrected chi connectivity index (χ0v) is 43.6. The van der Waals surface area contributed by atoms with Crippen molar-refractivity contribution in [2.45, 2.75) is 258 Å². The number of carbonyl (C=O) groups is 3. The molecule has 67 heavy (non-hydrogen) atoms. The van der Waals surface area contributed by atoms with Gasteiger partial charge >= 0.3 is 17.9 Å². The molecule has 0 aliphatic rings. The third-order valence-electron chi connectivity index (χ3n) is 11.6. The number of esters is 3. The van der Waals surface area contributed by atoms with Gasteiger partial charge in [0.25, 0.3) is 0 Å². The first kappa shape index (κ1) is 63.3. The monoisotopic (exact) mass is 931 g/mol. The Morgan fingerprint density at radius 1 is 0.313 bits per heavy atom. The molecule has 0 N–H and O–H groups in total. The van der Waals surface area contributed by atoms with Crippen molar-refractivity contribution in [1.82, 2.24) is 0 Å². The highest BCUT2D eigenvalue weighted by molar-refractivity contribution is 5.71. The predicted molar refractivity (Wildman–Crippen MR) is 288 cm³/mol. The van der Waals surface area contributed by atoms with E-state index in [9.17, 15) is 14.4 Å². The number of hydrogen-bond donors (Lipinski definition) is 0. The van der Waals surface area contributed by atoms with Crippen molar-refractivity contribution in [3.8, 4) is 0 Å². The number of rotatable bonds is 49. The molecule has 0 rings (SSSR count). The van der Waals surface area contributed by atoms with E-state index in [0.717, 1.165) is 103 Å². The summed E-state index contributed by atoms with van der Waals surface area (Å²) in [5, 5.41) is 0. The van der Waals surface area contributed by atoms with Crippen LogP contribution in [-0.4, -0.2) is 37.2 Å². The van der Waals surface area contributed by atoms with E-state index in [2.05, 4.69) is 118 Å². The number of unbranched alkanes of at least 4 members (excludes halogenated alkanes) is 22. The summed E-state index contributed by atoms with van der Waals surface area (Å²) in [6.07, 6.45) is 72.7. The normalized spacial score (nSPS) is 12.8. The third kappa shape index (κ3) is 53.2. The number of ether oxygens (including phenoxy) is 3. The maximum absolute atomic E-state index is 12.8. The minimum Gasteiger partial charge on any atom is -0.462 e. The van der Waals surface area contributed by atoms with Gasteiger partial charge in [0.15, 0.2) is 6.10 Å². The SMILES string of the molecule is CC/C=C\C/C=C\C/C=C\C/C=C\CCCCCCCCCCCCCCC(=O)OCC(COC(=O)CCCCCCCCCCC)OC(=O)CCCC/C=C\C/C=C\C/C=C\C/C=C\CC. The summed E-state index contributed by atoms with van der Waals surface area (Å²) < 4.78 is 16.8. The first-order valence-corrected chi connectivity index (χ1v) is 27.7. The molecule has 0 saturated heterocycles. The zero-order chi connectivity index (χ0) is 48.6. The lowest BCUT2D eigenvalue weighted by Gasteiger charge is -2.18. The van der Waals surface area contributed by atoms with Crippen molar-refractivity contribution in [1.29, 1.82) is 0 Å². The molecule has 0 aromatic heterocycles. The molecule has 382 valence electrons. The lowest BCUT2D eigenvalue weighted by atomic mass is 10.0. The van der Waals surface area contributed by atoms with Crippen molar-refractivity contribution in [2.75, 3.05) is 13.2 Å². The molecule has 0 bridgehead atoms. The fourth-order valence-corrected chi connectivity index (χ4v) is 7.48. The van der Waals surface area contributed by atoms with Crippen LogP contribution in [0.1, 0.15) is 252 Å². The van der Waals surface area contributed by atoms with Gasteiger partial charge in [0.2, 0.25) is 0 Å². The molecular formula is C61H102O6. The maximum Gasteiger partial charge on any atom is 0.306 e. The Morgan fingerprint density at radius 2 is 0.582 bits per heavy atom. The van der Waals surface area contributed by atoms with Crippen molar-refractivity contribution in [2.24, 2.45) is 0 Å². The predicted octanol–water partition coefficient (Wildman–Crippen LogP) is 18.5. The summed E-state index contributed by atoms with van der Waals surface area (Å²) in [7, 11) is 0. The standard InChI is InChI=1S/C61H102O6/c1-4-7-10-13-16-19-21-23-25-26-27-28-29-30-31-32-33-34-36-37-39-42-45-48-51-54-60(63)66-57-58(56-65-59(62)53-50-47-44-41-18-15-12-9-6-3)67-61(64)55-52-49-46-43-40-38-35-24-22-20-17-14-11-8-5-2/h7-8,10-11,16-17,19-20,23-25,27-28,35,40,43,58H,4-6,9,12-15,18,21-22,26,29-34,36-39,41-42,44-57H2,1-3H3/b10-7-,11-8-,19-16-,20-17-,25-23-,28-27-,35-24-,43-40-. The quantitative estimate of drug-likeness (QED) is 0.0262. The number of hydrogen-bond acceptors (Lipinski definition) is 6. The van der Waals surface area contributed by atoms with E-state index in [1.807, 2.05) is 0 Å². The Bertz CT molecular complexity index is 1350. The first-order valence-electron chi connectivity index (χ1n) is 27.7. The summed E-state index contributed by atoms with van der Waals surface area (Å²) in [6, 6.07) is 0. The highest BCUT2D eigenvalue weighted by atomic mass is 16.6. The second-order valence-electron chi connectivity index (χ2n) is 18.1. The Balaban J connectivity index is 4.27. The van der Waals surface area contributed by atoms with Gasteiger partial charge in [-0.15, -0.1) is 0 Å². The van der Waals surface area contributed by atoms with Gasteiger partial charge in [-0.2, -0.15) is 0 Å². The molecule has 1 unspecified atom stereocenters. The Morgan fingerprint density at radius 3 is 0.940 bits per heavy atom. The van der Waals surface area contributed by atoms with Crippen LogP contribution in [0.4, 0.5) is 0 Å². The van der Waals surface area contributed by atoms with E-state index in [1.165, 1.54) is 103 Å². The lowest BCUT2D eigenvalue weighted by molar-refractivity contribution is -0.167. The molecule has 0 saturated carbocycles.